The lowest BCUT2D eigenvalue weighted by atomic mass is 9.92. The minimum Gasteiger partial charge on any atom is -0.324 e. The molecule has 1 heterocycles. The third-order valence-corrected chi connectivity index (χ3v) is 1.86. The number of ketones is 1. The SMILES string of the molecule is CC(C)(C)c1cc(C(=O)CN)n[nH]1. The van der Waals surface area contributed by atoms with E-state index in [9.17, 15) is 4.79 Å². The molecule has 0 aliphatic carbocycles. The molecule has 13 heavy (non-hydrogen) atoms. The summed E-state index contributed by atoms with van der Waals surface area (Å²) in [7, 11) is 0. The van der Waals surface area contributed by atoms with Gasteiger partial charge in [-0.1, -0.05) is 20.8 Å². The number of nitrogens with zero attached hydrogens (tertiary/aromatic N) is 1. The smallest absolute Gasteiger partial charge is 0.196 e. The van der Waals surface area contributed by atoms with E-state index in [4.69, 9.17) is 5.73 Å². The Labute approximate surface area is 77.5 Å². The number of nitrogens with one attached hydrogen (secondary N) is 1. The number of Topliss-reactive ketones (excluding diaryl/α,β-unsaturated/α-hetero) is 1. The van der Waals surface area contributed by atoms with Gasteiger partial charge in [-0.05, 0) is 6.07 Å². The average Bonchev–Trinajstić information content (AvgIpc) is 2.50. The first-order valence-corrected chi connectivity index (χ1v) is 4.24. The molecule has 1 rings (SSSR count). The predicted molar refractivity (Wildman–Crippen MR) is 50.7 cm³/mol. The van der Waals surface area contributed by atoms with Crippen molar-refractivity contribution >= 4 is 5.78 Å². The Kier molecular flexibility index (Phi) is 2.52. The van der Waals surface area contributed by atoms with Crippen molar-refractivity contribution in [3.63, 3.8) is 0 Å². The first kappa shape index (κ1) is 9.92. The van der Waals surface area contributed by atoms with Crippen molar-refractivity contribution in [2.75, 3.05) is 6.54 Å². The number of H-pyrrole nitrogens is 1. The summed E-state index contributed by atoms with van der Waals surface area (Å²) < 4.78 is 0. The van der Waals surface area contributed by atoms with Gasteiger partial charge in [-0.3, -0.25) is 9.89 Å². The molecule has 4 heteroatoms. The summed E-state index contributed by atoms with van der Waals surface area (Å²) in [5.41, 5.74) is 6.58. The van der Waals surface area contributed by atoms with E-state index >= 15 is 0 Å². The van der Waals surface area contributed by atoms with Crippen LogP contribution < -0.4 is 5.73 Å². The van der Waals surface area contributed by atoms with Gasteiger partial charge in [0.15, 0.2) is 5.78 Å². The maximum Gasteiger partial charge on any atom is 0.196 e. The molecule has 3 N–H and O–H groups in total. The van der Waals surface area contributed by atoms with Crippen LogP contribution in [0.15, 0.2) is 6.07 Å². The first-order valence-electron chi connectivity index (χ1n) is 4.24. The zero-order chi connectivity index (χ0) is 10.1. The molecule has 0 saturated heterocycles. The Morgan fingerprint density at radius 2 is 2.23 bits per heavy atom. The molecule has 0 aromatic carbocycles. The van der Waals surface area contributed by atoms with E-state index in [1.165, 1.54) is 0 Å². The van der Waals surface area contributed by atoms with Crippen LogP contribution in [0, 0.1) is 0 Å². The lowest BCUT2D eigenvalue weighted by molar-refractivity contribution is 0.0996. The highest BCUT2D eigenvalue weighted by molar-refractivity contribution is 5.95. The van der Waals surface area contributed by atoms with Gasteiger partial charge in [0, 0.05) is 11.1 Å². The molecular weight excluding hydrogens is 166 g/mol. The van der Waals surface area contributed by atoms with Crippen LogP contribution in [-0.2, 0) is 5.41 Å². The molecule has 0 aliphatic rings. The number of aromatic nitrogens is 2. The van der Waals surface area contributed by atoms with Crippen LogP contribution in [0.1, 0.15) is 37.0 Å². The van der Waals surface area contributed by atoms with Crippen molar-refractivity contribution in [2.24, 2.45) is 5.73 Å². The highest BCUT2D eigenvalue weighted by atomic mass is 16.1. The Hall–Kier alpha value is -1.16. The molecule has 1 aromatic heterocycles. The molecule has 1 aromatic rings. The van der Waals surface area contributed by atoms with Crippen molar-refractivity contribution in [3.05, 3.63) is 17.5 Å². The maximum absolute atomic E-state index is 11.1. The molecule has 0 spiro atoms. The molecule has 4 nitrogen and oxygen atoms in total. The van der Waals surface area contributed by atoms with Crippen molar-refractivity contribution in [2.45, 2.75) is 26.2 Å². The predicted octanol–water partition coefficient (Wildman–Crippen LogP) is 0.849. The summed E-state index contributed by atoms with van der Waals surface area (Å²) in [5, 5.41) is 6.73. The molecule has 0 aliphatic heterocycles. The number of carbonyl (C=O) groups is 1. The summed E-state index contributed by atoms with van der Waals surface area (Å²) in [4.78, 5) is 11.1. The first-order chi connectivity index (χ1) is 5.95. The van der Waals surface area contributed by atoms with E-state index in [0.717, 1.165) is 5.69 Å². The number of carbonyl (C=O) groups excluding carboxylic acids is 1. The van der Waals surface area contributed by atoms with Crippen LogP contribution in [0.5, 0.6) is 0 Å². The second-order valence-corrected chi connectivity index (χ2v) is 4.04. The zero-order valence-electron chi connectivity index (χ0n) is 8.22. The zero-order valence-corrected chi connectivity index (χ0v) is 8.22. The van der Waals surface area contributed by atoms with Crippen molar-refractivity contribution in [1.82, 2.24) is 10.2 Å². The number of rotatable bonds is 2. The Bertz CT molecular complexity index is 309. The maximum atomic E-state index is 11.1. The van der Waals surface area contributed by atoms with E-state index in [-0.39, 0.29) is 17.7 Å². The fraction of sp³-hybridized carbons (Fsp3) is 0.556. The largest absolute Gasteiger partial charge is 0.324 e. The molecule has 72 valence electrons. The normalized spacial score (nSPS) is 11.7. The van der Waals surface area contributed by atoms with E-state index in [1.807, 2.05) is 0 Å². The molecule has 0 radical (unpaired) electrons. The molecule has 0 amide bonds. The topological polar surface area (TPSA) is 71.8 Å². The molecule has 0 atom stereocenters. The highest BCUT2D eigenvalue weighted by Crippen LogP contribution is 2.20. The molecule has 0 fully saturated rings. The quantitative estimate of drug-likeness (QED) is 0.664. The number of aromatic amines is 1. The molecular formula is C9H15N3O. The van der Waals surface area contributed by atoms with Crippen molar-refractivity contribution in [3.8, 4) is 0 Å². The fourth-order valence-electron chi connectivity index (χ4n) is 0.953. The minimum atomic E-state index is -0.133. The van der Waals surface area contributed by atoms with Gasteiger partial charge >= 0.3 is 0 Å². The van der Waals surface area contributed by atoms with E-state index in [0.29, 0.717) is 5.69 Å². The van der Waals surface area contributed by atoms with E-state index in [1.54, 1.807) is 6.07 Å². The van der Waals surface area contributed by atoms with E-state index < -0.39 is 0 Å². The average molecular weight is 181 g/mol. The second-order valence-electron chi connectivity index (χ2n) is 4.04. The second kappa shape index (κ2) is 3.30. The van der Waals surface area contributed by atoms with Gasteiger partial charge < -0.3 is 5.73 Å². The summed E-state index contributed by atoms with van der Waals surface area (Å²) in [6.07, 6.45) is 0. The van der Waals surface area contributed by atoms with Gasteiger partial charge in [0.1, 0.15) is 5.69 Å². The summed E-state index contributed by atoms with van der Waals surface area (Å²) in [5.74, 6) is -0.133. The van der Waals surface area contributed by atoms with Crippen LogP contribution in [0.3, 0.4) is 0 Å². The van der Waals surface area contributed by atoms with Crippen molar-refractivity contribution in [1.29, 1.82) is 0 Å². The molecule has 0 unspecified atom stereocenters. The van der Waals surface area contributed by atoms with Gasteiger partial charge in [-0.2, -0.15) is 5.10 Å². The highest BCUT2D eigenvalue weighted by Gasteiger charge is 2.18. The van der Waals surface area contributed by atoms with E-state index in [2.05, 4.69) is 31.0 Å². The summed E-state index contributed by atoms with van der Waals surface area (Å²) >= 11 is 0. The van der Waals surface area contributed by atoms with Gasteiger partial charge in [0.2, 0.25) is 0 Å². The monoisotopic (exact) mass is 181 g/mol. The Morgan fingerprint density at radius 1 is 1.62 bits per heavy atom. The van der Waals surface area contributed by atoms with Gasteiger partial charge in [-0.25, -0.2) is 0 Å². The molecule has 0 saturated carbocycles. The van der Waals surface area contributed by atoms with Crippen LogP contribution in [0.2, 0.25) is 0 Å². The minimum absolute atomic E-state index is 0.00837. The summed E-state index contributed by atoms with van der Waals surface area (Å²) in [6, 6.07) is 1.76. The number of nitrogens with two attached hydrogens (primary N) is 1. The Morgan fingerprint density at radius 3 is 2.62 bits per heavy atom. The van der Waals surface area contributed by atoms with Crippen LogP contribution in [0.4, 0.5) is 0 Å². The third kappa shape index (κ3) is 2.15. The number of hydrogen-bond donors (Lipinski definition) is 2. The van der Waals surface area contributed by atoms with Gasteiger partial charge in [0.25, 0.3) is 0 Å². The third-order valence-electron chi connectivity index (χ3n) is 1.86. The van der Waals surface area contributed by atoms with Gasteiger partial charge in [0.05, 0.1) is 6.54 Å². The Balaban J connectivity index is 2.93. The molecule has 0 bridgehead atoms. The van der Waals surface area contributed by atoms with Crippen LogP contribution in [-0.4, -0.2) is 22.5 Å². The van der Waals surface area contributed by atoms with Gasteiger partial charge in [-0.15, -0.1) is 0 Å². The van der Waals surface area contributed by atoms with Crippen LogP contribution >= 0.6 is 0 Å². The van der Waals surface area contributed by atoms with Crippen molar-refractivity contribution < 1.29 is 4.79 Å². The fourth-order valence-corrected chi connectivity index (χ4v) is 0.953. The lowest BCUT2D eigenvalue weighted by Crippen LogP contribution is -2.14. The van der Waals surface area contributed by atoms with Crippen LogP contribution in [0.25, 0.3) is 0 Å². The standard InChI is InChI=1S/C9H15N3O/c1-9(2,3)8-4-6(11-12-8)7(13)5-10/h4H,5,10H2,1-3H3,(H,11,12). The lowest BCUT2D eigenvalue weighted by Gasteiger charge is -2.14. The summed E-state index contributed by atoms with van der Waals surface area (Å²) in [6.45, 7) is 6.17. The number of hydrogen-bond acceptors (Lipinski definition) is 3.